The molecule has 0 aromatic heterocycles. The number of rotatable bonds is 4. The normalized spacial score (nSPS) is 30.3. The second-order valence-electron chi connectivity index (χ2n) is 7.54. The molecule has 2 heterocycles. The fourth-order valence-corrected chi connectivity index (χ4v) is 4.66. The number of ketones is 1. The molecule has 0 amide bonds. The summed E-state index contributed by atoms with van der Waals surface area (Å²) in [5, 5.41) is 0. The van der Waals surface area contributed by atoms with Crippen molar-refractivity contribution in [1.82, 2.24) is 4.90 Å². The minimum Gasteiger partial charge on any atom is -0.300 e. The van der Waals surface area contributed by atoms with Gasteiger partial charge in [0.25, 0.3) is 0 Å². The molecule has 23 heavy (non-hydrogen) atoms. The van der Waals surface area contributed by atoms with Gasteiger partial charge in [0.15, 0.2) is 0 Å². The maximum atomic E-state index is 12.7. The summed E-state index contributed by atoms with van der Waals surface area (Å²) in [6.07, 6.45) is 6.43. The van der Waals surface area contributed by atoms with Crippen molar-refractivity contribution < 1.29 is 4.79 Å². The lowest BCUT2D eigenvalue weighted by molar-refractivity contribution is -0.126. The fraction of sp³-hybridized carbons (Fsp3) is 0.571. The van der Waals surface area contributed by atoms with Crippen molar-refractivity contribution in [2.75, 3.05) is 7.05 Å². The predicted molar refractivity (Wildman–Crippen MR) is 96.5 cm³/mol. The van der Waals surface area contributed by atoms with Crippen LogP contribution in [0.15, 0.2) is 29.8 Å². The average Bonchev–Trinajstić information content (AvgIpc) is 2.77. The molecule has 2 saturated heterocycles. The van der Waals surface area contributed by atoms with Crippen LogP contribution in [-0.2, 0) is 4.79 Å². The monoisotopic (exact) mass is 311 g/mol. The summed E-state index contributed by atoms with van der Waals surface area (Å²) in [7, 11) is 2.21. The van der Waals surface area contributed by atoms with Gasteiger partial charge in [-0.15, -0.1) is 0 Å². The highest BCUT2D eigenvalue weighted by molar-refractivity contribution is 5.82. The van der Waals surface area contributed by atoms with Gasteiger partial charge in [0.05, 0.1) is 0 Å². The third kappa shape index (κ3) is 3.14. The van der Waals surface area contributed by atoms with Crippen LogP contribution < -0.4 is 0 Å². The number of Topliss-reactive ketones (excluding diaryl/α,β-unsaturated/α-hetero) is 1. The Bertz CT molecular complexity index is 597. The third-order valence-corrected chi connectivity index (χ3v) is 5.81. The van der Waals surface area contributed by atoms with E-state index in [0.29, 0.717) is 30.2 Å². The van der Waals surface area contributed by atoms with Crippen LogP contribution in [0.3, 0.4) is 0 Å². The van der Waals surface area contributed by atoms with Crippen LogP contribution in [0, 0.1) is 5.92 Å². The van der Waals surface area contributed by atoms with Gasteiger partial charge >= 0.3 is 0 Å². The van der Waals surface area contributed by atoms with Crippen molar-refractivity contribution in [3.05, 3.63) is 41.0 Å². The van der Waals surface area contributed by atoms with Gasteiger partial charge in [-0.05, 0) is 57.2 Å². The minimum atomic E-state index is 0.179. The van der Waals surface area contributed by atoms with E-state index < -0.39 is 0 Å². The highest BCUT2D eigenvalue weighted by atomic mass is 16.1. The zero-order valence-electron chi connectivity index (χ0n) is 14.9. The molecule has 0 aliphatic carbocycles. The number of fused-ring (bicyclic) bond motifs is 2. The van der Waals surface area contributed by atoms with Crippen LogP contribution >= 0.6 is 0 Å². The van der Waals surface area contributed by atoms with E-state index in [4.69, 9.17) is 0 Å². The van der Waals surface area contributed by atoms with E-state index in [0.717, 1.165) is 6.42 Å². The van der Waals surface area contributed by atoms with Crippen molar-refractivity contribution in [1.29, 1.82) is 0 Å². The molecule has 2 aliphatic heterocycles. The molecule has 2 bridgehead atoms. The number of piperidine rings is 1. The molecule has 1 aromatic rings. The first-order valence-corrected chi connectivity index (χ1v) is 9.00. The van der Waals surface area contributed by atoms with E-state index >= 15 is 0 Å². The molecule has 2 fully saturated rings. The zero-order valence-corrected chi connectivity index (χ0v) is 14.9. The van der Waals surface area contributed by atoms with Crippen LogP contribution in [0.4, 0.5) is 0 Å². The van der Waals surface area contributed by atoms with Crippen molar-refractivity contribution in [3.63, 3.8) is 0 Å². The van der Waals surface area contributed by atoms with Crippen molar-refractivity contribution in [2.45, 2.75) is 64.5 Å². The van der Waals surface area contributed by atoms with E-state index in [1.807, 2.05) is 6.92 Å². The Morgan fingerprint density at radius 1 is 1.22 bits per heavy atom. The fourth-order valence-electron chi connectivity index (χ4n) is 4.66. The van der Waals surface area contributed by atoms with Crippen LogP contribution in [0.1, 0.15) is 63.5 Å². The molecule has 0 radical (unpaired) electrons. The summed E-state index contributed by atoms with van der Waals surface area (Å²) < 4.78 is 0. The highest BCUT2D eigenvalue weighted by Crippen LogP contribution is 2.46. The van der Waals surface area contributed by atoms with E-state index in [1.165, 1.54) is 29.5 Å². The van der Waals surface area contributed by atoms with Gasteiger partial charge in [-0.3, -0.25) is 9.69 Å². The molecule has 0 N–H and O–H groups in total. The van der Waals surface area contributed by atoms with E-state index in [1.54, 1.807) is 0 Å². The number of carbonyl (C=O) groups excluding carboxylic acids is 1. The zero-order chi connectivity index (χ0) is 16.6. The molecule has 2 nitrogen and oxygen atoms in total. The van der Waals surface area contributed by atoms with Crippen LogP contribution in [0.2, 0.25) is 0 Å². The first kappa shape index (κ1) is 16.4. The van der Waals surface area contributed by atoms with Gasteiger partial charge in [-0.1, -0.05) is 42.8 Å². The Morgan fingerprint density at radius 2 is 1.91 bits per heavy atom. The average molecular weight is 311 g/mol. The van der Waals surface area contributed by atoms with Gasteiger partial charge in [-0.25, -0.2) is 0 Å². The number of allylic oxidation sites excluding steroid dienone is 1. The minimum absolute atomic E-state index is 0.179. The Kier molecular flexibility index (Phi) is 4.72. The molecule has 1 aromatic carbocycles. The van der Waals surface area contributed by atoms with Crippen LogP contribution in [0.25, 0.3) is 6.08 Å². The maximum absolute atomic E-state index is 12.7. The van der Waals surface area contributed by atoms with Crippen molar-refractivity contribution in [3.8, 4) is 0 Å². The Balaban J connectivity index is 1.90. The molecule has 2 aliphatic rings. The first-order valence-electron chi connectivity index (χ1n) is 9.00. The third-order valence-electron chi connectivity index (χ3n) is 5.81. The number of benzene rings is 1. The Morgan fingerprint density at radius 3 is 2.52 bits per heavy atom. The van der Waals surface area contributed by atoms with Gasteiger partial charge < -0.3 is 0 Å². The van der Waals surface area contributed by atoms with Crippen molar-refractivity contribution in [2.24, 2.45) is 5.92 Å². The molecule has 0 spiro atoms. The molecule has 4 atom stereocenters. The van der Waals surface area contributed by atoms with Crippen molar-refractivity contribution >= 4 is 11.9 Å². The largest absolute Gasteiger partial charge is 0.300 e. The highest BCUT2D eigenvalue weighted by Gasteiger charge is 2.48. The predicted octanol–water partition coefficient (Wildman–Crippen LogP) is 4.66. The molecular formula is C21H29NO. The van der Waals surface area contributed by atoms with Crippen LogP contribution in [0.5, 0.6) is 0 Å². The second kappa shape index (κ2) is 6.60. The lowest BCUT2D eigenvalue weighted by atomic mass is 9.73. The summed E-state index contributed by atoms with van der Waals surface area (Å²) in [4.78, 5) is 15.1. The maximum Gasteiger partial charge on any atom is 0.137 e. The SMILES string of the molecule is CCC(=O)C1C(c2ccc(C=C(C)C)cc2)CC2CCC1N2C. The van der Waals surface area contributed by atoms with Gasteiger partial charge in [-0.2, -0.15) is 0 Å². The number of carbonyl (C=O) groups is 1. The number of hydrogen-bond donors (Lipinski definition) is 0. The molecule has 0 saturated carbocycles. The number of hydrogen-bond acceptors (Lipinski definition) is 2. The Hall–Kier alpha value is -1.41. The lowest BCUT2D eigenvalue weighted by Gasteiger charge is -2.42. The van der Waals surface area contributed by atoms with E-state index in [9.17, 15) is 4.79 Å². The standard InChI is InChI=1S/C21H29NO/c1-5-20(23)21-18(13-17-10-11-19(21)22(17)4)16-8-6-15(7-9-16)12-14(2)3/h6-9,12,17-19,21H,5,10-11,13H2,1-4H3. The van der Waals surface area contributed by atoms with E-state index in [2.05, 4.69) is 56.1 Å². The summed E-state index contributed by atoms with van der Waals surface area (Å²) in [5.74, 6) is 1.02. The topological polar surface area (TPSA) is 20.3 Å². The molecule has 4 unspecified atom stereocenters. The smallest absolute Gasteiger partial charge is 0.137 e. The van der Waals surface area contributed by atoms with E-state index in [-0.39, 0.29) is 5.92 Å². The first-order chi connectivity index (χ1) is 11.0. The molecule has 3 rings (SSSR count). The summed E-state index contributed by atoms with van der Waals surface area (Å²) in [6.45, 7) is 6.26. The second-order valence-corrected chi connectivity index (χ2v) is 7.54. The molecule has 2 heteroatoms. The Labute approximate surface area is 140 Å². The quantitative estimate of drug-likeness (QED) is 0.806. The van der Waals surface area contributed by atoms with Gasteiger partial charge in [0.2, 0.25) is 0 Å². The van der Waals surface area contributed by atoms with Gasteiger partial charge in [0.1, 0.15) is 5.78 Å². The summed E-state index contributed by atoms with van der Waals surface area (Å²) in [6, 6.07) is 10.0. The number of nitrogens with zero attached hydrogens (tertiary/aromatic N) is 1. The summed E-state index contributed by atoms with van der Waals surface area (Å²) >= 11 is 0. The molecule has 124 valence electrons. The molecular weight excluding hydrogens is 282 g/mol. The lowest BCUT2D eigenvalue weighted by Crippen LogP contribution is -2.48. The van der Waals surface area contributed by atoms with Crippen LogP contribution in [-0.4, -0.2) is 29.8 Å². The summed E-state index contributed by atoms with van der Waals surface area (Å²) in [5.41, 5.74) is 3.92. The van der Waals surface area contributed by atoms with Gasteiger partial charge in [0, 0.05) is 24.4 Å².